The van der Waals surface area contributed by atoms with Crippen LogP contribution in [-0.2, 0) is 9.59 Å². The van der Waals surface area contributed by atoms with Gasteiger partial charge in [0.05, 0.1) is 23.5 Å². The number of ether oxygens (including phenoxy) is 1. The number of hydrogen-bond donors (Lipinski definition) is 1. The SMILES string of the molecule is CCC(C)c1ccc(NC(=O)CN2C(=O)CSC2=CC(=O)c2ccccc2OC)cc1. The van der Waals surface area contributed by atoms with E-state index in [1.54, 1.807) is 24.3 Å². The molecule has 7 heteroatoms. The quantitative estimate of drug-likeness (QED) is 0.487. The van der Waals surface area contributed by atoms with E-state index in [1.165, 1.54) is 35.4 Å². The molecule has 0 aliphatic carbocycles. The second-order valence-electron chi connectivity index (χ2n) is 7.30. The fourth-order valence-electron chi connectivity index (χ4n) is 3.21. The van der Waals surface area contributed by atoms with Gasteiger partial charge in [-0.2, -0.15) is 0 Å². The Morgan fingerprint density at radius 1 is 1.19 bits per heavy atom. The lowest BCUT2D eigenvalue weighted by Gasteiger charge is -2.17. The Hall–Kier alpha value is -3.06. The van der Waals surface area contributed by atoms with Crippen molar-refractivity contribution in [1.82, 2.24) is 4.90 Å². The van der Waals surface area contributed by atoms with Gasteiger partial charge >= 0.3 is 0 Å². The molecule has 1 saturated heterocycles. The van der Waals surface area contributed by atoms with Crippen molar-refractivity contribution in [2.75, 3.05) is 24.7 Å². The molecule has 0 bridgehead atoms. The summed E-state index contributed by atoms with van der Waals surface area (Å²) in [4.78, 5) is 38.9. The summed E-state index contributed by atoms with van der Waals surface area (Å²) in [5.41, 5.74) is 2.29. The van der Waals surface area contributed by atoms with Gasteiger partial charge in [0.15, 0.2) is 5.78 Å². The monoisotopic (exact) mass is 438 g/mol. The average molecular weight is 439 g/mol. The molecule has 0 aromatic heterocycles. The number of benzene rings is 2. The molecule has 2 aromatic carbocycles. The molecule has 1 atom stereocenters. The van der Waals surface area contributed by atoms with E-state index in [2.05, 4.69) is 19.2 Å². The molecule has 2 aromatic rings. The van der Waals surface area contributed by atoms with Crippen LogP contribution in [0.1, 0.15) is 42.1 Å². The highest BCUT2D eigenvalue weighted by Gasteiger charge is 2.29. The Labute approximate surface area is 186 Å². The zero-order valence-corrected chi connectivity index (χ0v) is 18.7. The molecule has 1 unspecified atom stereocenters. The first kappa shape index (κ1) is 22.6. The number of rotatable bonds is 8. The summed E-state index contributed by atoms with van der Waals surface area (Å²) < 4.78 is 5.24. The maximum Gasteiger partial charge on any atom is 0.244 e. The number of ketones is 1. The fourth-order valence-corrected chi connectivity index (χ4v) is 4.15. The smallest absolute Gasteiger partial charge is 0.244 e. The summed E-state index contributed by atoms with van der Waals surface area (Å²) in [7, 11) is 1.50. The third kappa shape index (κ3) is 5.55. The normalized spacial score (nSPS) is 15.8. The van der Waals surface area contributed by atoms with Crippen molar-refractivity contribution in [3.8, 4) is 5.75 Å². The van der Waals surface area contributed by atoms with Gasteiger partial charge in [0, 0.05) is 11.8 Å². The number of carbonyl (C=O) groups excluding carboxylic acids is 3. The molecule has 0 saturated carbocycles. The Bertz CT molecular complexity index is 1000. The summed E-state index contributed by atoms with van der Waals surface area (Å²) >= 11 is 1.25. The predicted molar refractivity (Wildman–Crippen MR) is 123 cm³/mol. The van der Waals surface area contributed by atoms with Gasteiger partial charge < -0.3 is 10.1 Å². The first-order valence-electron chi connectivity index (χ1n) is 10.1. The van der Waals surface area contributed by atoms with Crippen LogP contribution in [0.15, 0.2) is 59.6 Å². The number of thioether (sulfide) groups is 1. The molecule has 2 amide bonds. The highest BCUT2D eigenvalue weighted by Crippen LogP contribution is 2.30. The van der Waals surface area contributed by atoms with Gasteiger partial charge in [-0.25, -0.2) is 0 Å². The zero-order valence-electron chi connectivity index (χ0n) is 17.9. The summed E-state index contributed by atoms with van der Waals surface area (Å²) in [6.07, 6.45) is 2.44. The standard InChI is InChI=1S/C24H26N2O4S/c1-4-16(2)17-9-11-18(12-10-17)25-22(28)14-26-23(29)15-31-24(26)13-20(27)19-7-5-6-8-21(19)30-3/h5-13,16H,4,14-15H2,1-3H3,(H,25,28). The number of nitrogens with one attached hydrogen (secondary N) is 1. The van der Waals surface area contributed by atoms with E-state index in [1.807, 2.05) is 24.3 Å². The van der Waals surface area contributed by atoms with Crippen molar-refractivity contribution >= 4 is 35.0 Å². The number of amides is 2. The highest BCUT2D eigenvalue weighted by atomic mass is 32.2. The number of nitrogens with zero attached hydrogens (tertiary/aromatic N) is 1. The molecule has 1 aliphatic rings. The summed E-state index contributed by atoms with van der Waals surface area (Å²) in [6, 6.07) is 14.6. The highest BCUT2D eigenvalue weighted by molar-refractivity contribution is 8.04. The topological polar surface area (TPSA) is 75.7 Å². The number of anilines is 1. The van der Waals surface area contributed by atoms with Crippen LogP contribution in [-0.4, -0.2) is 41.9 Å². The molecule has 0 spiro atoms. The molecular weight excluding hydrogens is 412 g/mol. The van der Waals surface area contributed by atoms with Gasteiger partial charge in [0.1, 0.15) is 12.3 Å². The fraction of sp³-hybridized carbons (Fsp3) is 0.292. The minimum atomic E-state index is -0.317. The van der Waals surface area contributed by atoms with Crippen LogP contribution in [0.4, 0.5) is 5.69 Å². The Morgan fingerprint density at radius 2 is 1.90 bits per heavy atom. The Kier molecular flexibility index (Phi) is 7.52. The van der Waals surface area contributed by atoms with Crippen molar-refractivity contribution in [2.45, 2.75) is 26.2 Å². The molecule has 6 nitrogen and oxygen atoms in total. The van der Waals surface area contributed by atoms with E-state index in [0.29, 0.717) is 27.9 Å². The van der Waals surface area contributed by atoms with Gasteiger partial charge in [-0.15, -0.1) is 0 Å². The second kappa shape index (κ2) is 10.3. The first-order valence-corrected chi connectivity index (χ1v) is 11.1. The van der Waals surface area contributed by atoms with Crippen LogP contribution < -0.4 is 10.1 Å². The van der Waals surface area contributed by atoms with Gasteiger partial charge in [0.2, 0.25) is 11.8 Å². The van der Waals surface area contributed by atoms with E-state index in [-0.39, 0.29) is 29.9 Å². The Balaban J connectivity index is 1.69. The van der Waals surface area contributed by atoms with E-state index < -0.39 is 0 Å². The lowest BCUT2D eigenvalue weighted by atomic mass is 9.99. The van der Waals surface area contributed by atoms with Crippen LogP contribution in [0, 0.1) is 0 Å². The van der Waals surface area contributed by atoms with E-state index in [4.69, 9.17) is 4.74 Å². The van der Waals surface area contributed by atoms with Crippen LogP contribution in [0.2, 0.25) is 0 Å². The van der Waals surface area contributed by atoms with Crippen molar-refractivity contribution in [2.24, 2.45) is 0 Å². The Morgan fingerprint density at radius 3 is 2.58 bits per heavy atom. The zero-order chi connectivity index (χ0) is 22.4. The van der Waals surface area contributed by atoms with E-state index in [0.717, 1.165) is 6.42 Å². The van der Waals surface area contributed by atoms with Crippen molar-refractivity contribution in [3.63, 3.8) is 0 Å². The van der Waals surface area contributed by atoms with Gasteiger partial charge in [-0.05, 0) is 42.2 Å². The number of allylic oxidation sites excluding steroid dienone is 1. The average Bonchev–Trinajstić information content (AvgIpc) is 3.12. The lowest BCUT2D eigenvalue weighted by Crippen LogP contribution is -2.34. The van der Waals surface area contributed by atoms with Gasteiger partial charge in [-0.3, -0.25) is 19.3 Å². The summed E-state index contributed by atoms with van der Waals surface area (Å²) in [5, 5.41) is 3.28. The predicted octanol–water partition coefficient (Wildman–Crippen LogP) is 4.45. The maximum atomic E-state index is 12.7. The largest absolute Gasteiger partial charge is 0.496 e. The van der Waals surface area contributed by atoms with Crippen LogP contribution in [0.25, 0.3) is 0 Å². The van der Waals surface area contributed by atoms with Crippen molar-refractivity contribution < 1.29 is 19.1 Å². The minimum Gasteiger partial charge on any atom is -0.496 e. The molecule has 0 radical (unpaired) electrons. The summed E-state index contributed by atoms with van der Waals surface area (Å²) in [5.74, 6) is 0.318. The van der Waals surface area contributed by atoms with E-state index in [9.17, 15) is 14.4 Å². The number of hydrogen-bond acceptors (Lipinski definition) is 5. The molecule has 1 fully saturated rings. The van der Waals surface area contributed by atoms with Crippen LogP contribution in [0.3, 0.4) is 0 Å². The molecule has 1 aliphatic heterocycles. The van der Waals surface area contributed by atoms with Crippen molar-refractivity contribution in [3.05, 3.63) is 70.8 Å². The van der Waals surface area contributed by atoms with Crippen molar-refractivity contribution in [1.29, 1.82) is 0 Å². The molecule has 3 rings (SSSR count). The third-order valence-electron chi connectivity index (χ3n) is 5.22. The number of para-hydroxylation sites is 1. The van der Waals surface area contributed by atoms with Gasteiger partial charge in [-0.1, -0.05) is 49.9 Å². The molecule has 162 valence electrons. The molecule has 1 heterocycles. The lowest BCUT2D eigenvalue weighted by molar-refractivity contribution is -0.129. The number of carbonyl (C=O) groups is 3. The van der Waals surface area contributed by atoms with Gasteiger partial charge in [0.25, 0.3) is 0 Å². The second-order valence-corrected chi connectivity index (χ2v) is 8.29. The summed E-state index contributed by atoms with van der Waals surface area (Å²) in [6.45, 7) is 4.14. The maximum absolute atomic E-state index is 12.7. The molecule has 1 N–H and O–H groups in total. The third-order valence-corrected chi connectivity index (χ3v) is 6.24. The molecule has 31 heavy (non-hydrogen) atoms. The van der Waals surface area contributed by atoms with Crippen LogP contribution >= 0.6 is 11.8 Å². The first-order chi connectivity index (χ1) is 14.9. The molecular formula is C24H26N2O4S. The number of methoxy groups -OCH3 is 1. The van der Waals surface area contributed by atoms with Crippen LogP contribution in [0.5, 0.6) is 5.75 Å². The van der Waals surface area contributed by atoms with E-state index >= 15 is 0 Å². The minimum absolute atomic E-state index is 0.149.